The summed E-state index contributed by atoms with van der Waals surface area (Å²) in [5.74, 6) is 0. The van der Waals surface area contributed by atoms with Crippen LogP contribution in [-0.4, -0.2) is 0 Å². The van der Waals surface area contributed by atoms with Gasteiger partial charge in [0.25, 0.3) is 0 Å². The van der Waals surface area contributed by atoms with E-state index >= 15 is 0 Å². The summed E-state index contributed by atoms with van der Waals surface area (Å²) in [7, 11) is 0. The second-order valence-corrected chi connectivity index (χ2v) is 5.09. The Morgan fingerprint density at radius 3 is 2.53 bits per heavy atom. The lowest BCUT2D eigenvalue weighted by Crippen LogP contribution is -1.97. The van der Waals surface area contributed by atoms with Crippen molar-refractivity contribution in [3.63, 3.8) is 0 Å². The molecule has 1 aliphatic heterocycles. The van der Waals surface area contributed by atoms with Crippen LogP contribution in [-0.2, 0) is 30.8 Å². The molecular weight excluding hydrogens is 208 g/mol. The predicted molar refractivity (Wildman–Crippen MR) is 72.2 cm³/mol. The smallest absolute Gasteiger partial charge is 0.0727 e. The molecule has 0 atom stereocenters. The fourth-order valence-corrected chi connectivity index (χ4v) is 2.56. The second-order valence-electron chi connectivity index (χ2n) is 5.09. The van der Waals surface area contributed by atoms with Crippen LogP contribution in [0.5, 0.6) is 0 Å². The second kappa shape index (κ2) is 6.20. The molecule has 0 aromatic heterocycles. The minimum absolute atomic E-state index is 0.828. The summed E-state index contributed by atoms with van der Waals surface area (Å²) in [6.07, 6.45) is 7.59. The van der Waals surface area contributed by atoms with E-state index < -0.39 is 0 Å². The highest BCUT2D eigenvalue weighted by molar-refractivity contribution is 5.40. The predicted octanol–water partition coefficient (Wildman–Crippen LogP) is 4.40. The Labute approximate surface area is 105 Å². The third-order valence-electron chi connectivity index (χ3n) is 3.62. The molecule has 0 N–H and O–H groups in total. The third kappa shape index (κ3) is 3.10. The van der Waals surface area contributed by atoms with Gasteiger partial charge in [0.05, 0.1) is 13.2 Å². The van der Waals surface area contributed by atoms with Crippen molar-refractivity contribution in [2.45, 2.75) is 65.6 Å². The van der Waals surface area contributed by atoms with Crippen LogP contribution in [0.3, 0.4) is 0 Å². The summed E-state index contributed by atoms with van der Waals surface area (Å²) in [6.45, 7) is 6.18. The number of hydrogen-bond acceptors (Lipinski definition) is 1. The molecule has 94 valence electrons. The van der Waals surface area contributed by atoms with Crippen molar-refractivity contribution >= 4 is 0 Å². The van der Waals surface area contributed by atoms with Crippen molar-refractivity contribution in [3.8, 4) is 0 Å². The standard InChI is InChI=1S/C16H24O/c1-3-5-7-13-9-14(8-6-4-2)16-12-17-11-15(16)10-13/h9-10H,3-8,11-12H2,1-2H3. The lowest BCUT2D eigenvalue weighted by Gasteiger charge is -2.10. The van der Waals surface area contributed by atoms with Gasteiger partial charge < -0.3 is 4.74 Å². The molecule has 2 rings (SSSR count). The van der Waals surface area contributed by atoms with Gasteiger partial charge >= 0.3 is 0 Å². The molecule has 1 nitrogen and oxygen atoms in total. The summed E-state index contributed by atoms with van der Waals surface area (Å²) in [5.41, 5.74) is 6.00. The van der Waals surface area contributed by atoms with Gasteiger partial charge in [0, 0.05) is 0 Å². The van der Waals surface area contributed by atoms with E-state index in [-0.39, 0.29) is 0 Å². The van der Waals surface area contributed by atoms with E-state index in [0.717, 1.165) is 13.2 Å². The van der Waals surface area contributed by atoms with E-state index in [1.54, 1.807) is 5.56 Å². The van der Waals surface area contributed by atoms with Gasteiger partial charge in [-0.3, -0.25) is 0 Å². The molecule has 17 heavy (non-hydrogen) atoms. The minimum Gasteiger partial charge on any atom is -0.372 e. The van der Waals surface area contributed by atoms with Crippen molar-refractivity contribution in [2.24, 2.45) is 0 Å². The molecule has 0 saturated heterocycles. The van der Waals surface area contributed by atoms with Crippen molar-refractivity contribution in [2.75, 3.05) is 0 Å². The Balaban J connectivity index is 2.19. The first-order chi connectivity index (χ1) is 8.35. The normalized spacial score (nSPS) is 14.0. The summed E-state index contributed by atoms with van der Waals surface area (Å²) >= 11 is 0. The number of hydrogen-bond donors (Lipinski definition) is 0. The Morgan fingerprint density at radius 2 is 1.76 bits per heavy atom. The fourth-order valence-electron chi connectivity index (χ4n) is 2.56. The number of ether oxygens (including phenoxy) is 1. The van der Waals surface area contributed by atoms with Crippen LogP contribution in [0, 0.1) is 0 Å². The molecule has 1 heterocycles. The molecule has 0 fully saturated rings. The van der Waals surface area contributed by atoms with E-state index in [1.807, 2.05) is 0 Å². The lowest BCUT2D eigenvalue weighted by molar-refractivity contribution is 0.134. The van der Waals surface area contributed by atoms with E-state index in [4.69, 9.17) is 4.74 Å². The average Bonchev–Trinajstić information content (AvgIpc) is 2.81. The largest absolute Gasteiger partial charge is 0.372 e. The van der Waals surface area contributed by atoms with Crippen molar-refractivity contribution in [1.29, 1.82) is 0 Å². The van der Waals surface area contributed by atoms with E-state index in [2.05, 4.69) is 26.0 Å². The average molecular weight is 232 g/mol. The van der Waals surface area contributed by atoms with Gasteiger partial charge in [-0.05, 0) is 47.9 Å². The maximum atomic E-state index is 5.60. The number of aryl methyl sites for hydroxylation is 2. The first-order valence-electron chi connectivity index (χ1n) is 7.06. The number of benzene rings is 1. The third-order valence-corrected chi connectivity index (χ3v) is 3.62. The number of fused-ring (bicyclic) bond motifs is 1. The highest BCUT2D eigenvalue weighted by Crippen LogP contribution is 2.27. The molecule has 1 heteroatoms. The van der Waals surface area contributed by atoms with E-state index in [9.17, 15) is 0 Å². The molecule has 0 unspecified atom stereocenters. The van der Waals surface area contributed by atoms with E-state index in [1.165, 1.54) is 55.2 Å². The molecule has 1 aliphatic rings. The molecule has 0 amide bonds. The molecule has 0 bridgehead atoms. The highest BCUT2D eigenvalue weighted by atomic mass is 16.5. The van der Waals surface area contributed by atoms with Gasteiger partial charge in [-0.1, -0.05) is 38.8 Å². The van der Waals surface area contributed by atoms with Crippen LogP contribution >= 0.6 is 0 Å². The van der Waals surface area contributed by atoms with Crippen molar-refractivity contribution in [3.05, 3.63) is 34.4 Å². The van der Waals surface area contributed by atoms with Gasteiger partial charge in [-0.25, -0.2) is 0 Å². The topological polar surface area (TPSA) is 9.23 Å². The monoisotopic (exact) mass is 232 g/mol. The van der Waals surface area contributed by atoms with Crippen LogP contribution in [0.1, 0.15) is 61.8 Å². The van der Waals surface area contributed by atoms with Crippen LogP contribution < -0.4 is 0 Å². The molecule has 0 radical (unpaired) electrons. The highest BCUT2D eigenvalue weighted by Gasteiger charge is 2.16. The fraction of sp³-hybridized carbons (Fsp3) is 0.625. The SMILES string of the molecule is CCCCc1cc(CCCC)c2c(c1)COC2. The first-order valence-corrected chi connectivity index (χ1v) is 7.06. The zero-order valence-electron chi connectivity index (χ0n) is 11.2. The summed E-state index contributed by atoms with van der Waals surface area (Å²) in [4.78, 5) is 0. The number of rotatable bonds is 6. The quantitative estimate of drug-likeness (QED) is 0.706. The van der Waals surface area contributed by atoms with Crippen LogP contribution in [0.15, 0.2) is 12.1 Å². The van der Waals surface area contributed by atoms with E-state index in [0.29, 0.717) is 0 Å². The van der Waals surface area contributed by atoms with Gasteiger partial charge in [-0.2, -0.15) is 0 Å². The van der Waals surface area contributed by atoms with Crippen LogP contribution in [0.4, 0.5) is 0 Å². The minimum atomic E-state index is 0.828. The van der Waals surface area contributed by atoms with Gasteiger partial charge in [-0.15, -0.1) is 0 Å². The maximum absolute atomic E-state index is 5.60. The Bertz CT molecular complexity index is 368. The molecule has 1 aromatic rings. The Morgan fingerprint density at radius 1 is 1.00 bits per heavy atom. The summed E-state index contributed by atoms with van der Waals surface area (Å²) in [5, 5.41) is 0. The molecule has 0 aliphatic carbocycles. The summed E-state index contributed by atoms with van der Waals surface area (Å²) < 4.78 is 5.60. The summed E-state index contributed by atoms with van der Waals surface area (Å²) in [6, 6.07) is 4.80. The molecule has 1 aromatic carbocycles. The van der Waals surface area contributed by atoms with Crippen molar-refractivity contribution < 1.29 is 4.74 Å². The Hall–Kier alpha value is -0.820. The first kappa shape index (κ1) is 12.6. The molecule has 0 spiro atoms. The van der Waals surface area contributed by atoms with Gasteiger partial charge in [0.2, 0.25) is 0 Å². The zero-order chi connectivity index (χ0) is 12.1. The molecular formula is C16H24O. The maximum Gasteiger partial charge on any atom is 0.0727 e. The molecule has 0 saturated carbocycles. The zero-order valence-corrected chi connectivity index (χ0v) is 11.2. The van der Waals surface area contributed by atoms with Crippen LogP contribution in [0.2, 0.25) is 0 Å². The van der Waals surface area contributed by atoms with Gasteiger partial charge in [0.15, 0.2) is 0 Å². The Kier molecular flexibility index (Phi) is 4.61. The van der Waals surface area contributed by atoms with Crippen LogP contribution in [0.25, 0.3) is 0 Å². The number of unbranched alkanes of at least 4 members (excludes halogenated alkanes) is 2. The van der Waals surface area contributed by atoms with Crippen molar-refractivity contribution in [1.82, 2.24) is 0 Å². The lowest BCUT2D eigenvalue weighted by atomic mass is 9.94. The van der Waals surface area contributed by atoms with Gasteiger partial charge in [0.1, 0.15) is 0 Å².